The van der Waals surface area contributed by atoms with Crippen LogP contribution in [0.25, 0.3) is 0 Å². The van der Waals surface area contributed by atoms with Crippen LogP contribution in [0.2, 0.25) is 17.7 Å². The van der Waals surface area contributed by atoms with Gasteiger partial charge in [0.2, 0.25) is 0 Å². The molecule has 16 heavy (non-hydrogen) atoms. The zero-order valence-electron chi connectivity index (χ0n) is 11.9. The van der Waals surface area contributed by atoms with E-state index in [1.54, 1.807) is 13.3 Å². The summed E-state index contributed by atoms with van der Waals surface area (Å²) in [7, 11) is 0. The summed E-state index contributed by atoms with van der Waals surface area (Å²) >= 11 is -1.78. The molecule has 0 unspecified atom stereocenters. The number of hydrogen-bond donors (Lipinski definition) is 0. The van der Waals surface area contributed by atoms with E-state index in [0.717, 1.165) is 0 Å². The van der Waals surface area contributed by atoms with Crippen LogP contribution in [0.3, 0.4) is 0 Å². The Bertz CT molecular complexity index is 141. The second-order valence-corrected chi connectivity index (χ2v) is 19.3. The number of rotatable bonds is 11. The van der Waals surface area contributed by atoms with Crippen LogP contribution in [-0.2, 0) is 0 Å². The average molecular weight is 332 g/mol. The van der Waals surface area contributed by atoms with E-state index in [-0.39, 0.29) is 0 Å². The maximum absolute atomic E-state index is 4.02. The molecule has 0 radical (unpaired) electrons. The van der Waals surface area contributed by atoms with Crippen molar-refractivity contribution < 1.29 is 0 Å². The first-order valence-electron chi connectivity index (χ1n) is 7.35. The normalized spacial score (nSPS) is 11.7. The summed E-state index contributed by atoms with van der Waals surface area (Å²) in [5.41, 5.74) is 0. The molecule has 0 saturated carbocycles. The Morgan fingerprint density at radius 2 is 1.19 bits per heavy atom. The van der Waals surface area contributed by atoms with E-state index in [1.165, 1.54) is 43.0 Å². The second kappa shape index (κ2) is 10.7. The maximum atomic E-state index is 4.02. The molecule has 96 valence electrons. The third-order valence-corrected chi connectivity index (χ3v) is 19.2. The molecule has 0 bridgehead atoms. The van der Waals surface area contributed by atoms with Gasteiger partial charge in [-0.1, -0.05) is 0 Å². The van der Waals surface area contributed by atoms with E-state index in [0.29, 0.717) is 0 Å². The van der Waals surface area contributed by atoms with Crippen molar-refractivity contribution in [1.29, 1.82) is 0 Å². The zero-order chi connectivity index (χ0) is 12.3. The van der Waals surface area contributed by atoms with Gasteiger partial charge in [0.25, 0.3) is 0 Å². The summed E-state index contributed by atoms with van der Waals surface area (Å²) in [6, 6.07) is 0. The first kappa shape index (κ1) is 16.5. The molecule has 0 aliphatic rings. The van der Waals surface area contributed by atoms with Crippen LogP contribution in [0.1, 0.15) is 59.3 Å². The minimum atomic E-state index is -1.78. The van der Waals surface area contributed by atoms with Gasteiger partial charge < -0.3 is 0 Å². The van der Waals surface area contributed by atoms with Gasteiger partial charge >= 0.3 is 108 Å². The summed E-state index contributed by atoms with van der Waals surface area (Å²) in [6.07, 6.45) is 10.8. The fourth-order valence-corrected chi connectivity index (χ4v) is 17.7. The Balaban J connectivity index is 4.37. The third-order valence-electron chi connectivity index (χ3n) is 3.76. The van der Waals surface area contributed by atoms with Crippen molar-refractivity contribution in [3.8, 4) is 0 Å². The molecule has 0 aromatic carbocycles. The summed E-state index contributed by atoms with van der Waals surface area (Å²) in [4.78, 5) is 0. The van der Waals surface area contributed by atoms with Gasteiger partial charge in [-0.15, -0.1) is 0 Å². The van der Waals surface area contributed by atoms with Gasteiger partial charge in [0, 0.05) is 0 Å². The van der Waals surface area contributed by atoms with E-state index in [9.17, 15) is 0 Å². The molecule has 0 heterocycles. The fraction of sp³-hybridized carbons (Fsp3) is 0.867. The molecular weight excluding hydrogens is 300 g/mol. The molecule has 0 amide bonds. The SMILES string of the molecule is C=C[13CH2][Sn]([CH2]CCC)([CH2]CCC)[CH2]CCC. The molecule has 1 heteroatoms. The Labute approximate surface area is 108 Å². The summed E-state index contributed by atoms with van der Waals surface area (Å²) < 4.78 is 6.31. The van der Waals surface area contributed by atoms with E-state index >= 15 is 0 Å². The van der Waals surface area contributed by atoms with Gasteiger partial charge in [-0.2, -0.15) is 0 Å². The van der Waals surface area contributed by atoms with Gasteiger partial charge in [-0.3, -0.25) is 0 Å². The monoisotopic (exact) mass is 333 g/mol. The van der Waals surface area contributed by atoms with E-state index in [1.807, 2.05) is 0 Å². The van der Waals surface area contributed by atoms with Crippen LogP contribution >= 0.6 is 0 Å². The second-order valence-electron chi connectivity index (χ2n) is 5.30. The van der Waals surface area contributed by atoms with Crippen LogP contribution in [0, 0.1) is 0 Å². The molecule has 0 nitrogen and oxygen atoms in total. The molecule has 0 aliphatic heterocycles. The van der Waals surface area contributed by atoms with Crippen molar-refractivity contribution >= 4 is 18.4 Å². The Morgan fingerprint density at radius 3 is 1.44 bits per heavy atom. The van der Waals surface area contributed by atoms with Crippen molar-refractivity contribution in [3.63, 3.8) is 0 Å². The summed E-state index contributed by atoms with van der Waals surface area (Å²) in [5.74, 6) is 0. The number of allylic oxidation sites excluding steroid dienone is 1. The Kier molecular flexibility index (Phi) is 11.0. The van der Waals surface area contributed by atoms with Gasteiger partial charge in [0.15, 0.2) is 0 Å². The number of unbranched alkanes of at least 4 members (excludes halogenated alkanes) is 3. The zero-order valence-corrected chi connectivity index (χ0v) is 14.7. The molecule has 0 spiro atoms. The molecule has 0 fully saturated rings. The summed E-state index contributed by atoms with van der Waals surface area (Å²) in [5, 5.41) is 0. The number of hydrogen-bond acceptors (Lipinski definition) is 0. The Morgan fingerprint density at radius 1 is 0.812 bits per heavy atom. The quantitative estimate of drug-likeness (QED) is 0.246. The molecule has 0 N–H and O–H groups in total. The first-order valence-corrected chi connectivity index (χ1v) is 15.4. The van der Waals surface area contributed by atoms with Crippen molar-refractivity contribution in [3.05, 3.63) is 12.7 Å². The summed E-state index contributed by atoms with van der Waals surface area (Å²) in [6.45, 7) is 11.0. The van der Waals surface area contributed by atoms with Crippen LogP contribution in [0.5, 0.6) is 0 Å². The predicted octanol–water partition coefficient (Wildman–Crippen LogP) is 6.02. The van der Waals surface area contributed by atoms with Crippen molar-refractivity contribution in [2.75, 3.05) is 0 Å². The predicted molar refractivity (Wildman–Crippen MR) is 79.9 cm³/mol. The first-order chi connectivity index (χ1) is 7.74. The molecule has 0 rings (SSSR count). The van der Waals surface area contributed by atoms with Crippen LogP contribution < -0.4 is 0 Å². The van der Waals surface area contributed by atoms with Crippen molar-refractivity contribution in [1.82, 2.24) is 0 Å². The van der Waals surface area contributed by atoms with Gasteiger partial charge in [-0.05, 0) is 0 Å². The van der Waals surface area contributed by atoms with Crippen molar-refractivity contribution in [2.24, 2.45) is 0 Å². The van der Waals surface area contributed by atoms with Gasteiger partial charge in [0.1, 0.15) is 0 Å². The fourth-order valence-electron chi connectivity index (χ4n) is 2.64. The molecule has 0 aromatic rings. The molecular formula is C15H32Sn. The van der Waals surface area contributed by atoms with Gasteiger partial charge in [0.05, 0.1) is 0 Å². The van der Waals surface area contributed by atoms with Crippen molar-refractivity contribution in [2.45, 2.75) is 77.0 Å². The Hall–Kier alpha value is 0.539. The van der Waals surface area contributed by atoms with Crippen LogP contribution in [0.4, 0.5) is 0 Å². The molecule has 0 atom stereocenters. The molecule has 0 aromatic heterocycles. The van der Waals surface area contributed by atoms with Gasteiger partial charge in [-0.25, -0.2) is 0 Å². The van der Waals surface area contributed by atoms with E-state index in [2.05, 4.69) is 33.4 Å². The molecule has 0 aliphatic carbocycles. The standard InChI is InChI=1S/3C4H9.C3H5.Sn/c3*1-3-4-2;1-3-2;/h3*1,3-4H2,2H3;3H,1-2H2;/i;;;1+1;. The topological polar surface area (TPSA) is 0 Å². The average Bonchev–Trinajstić information content (AvgIpc) is 2.31. The van der Waals surface area contributed by atoms with E-state index < -0.39 is 18.4 Å². The molecule has 0 saturated heterocycles. The van der Waals surface area contributed by atoms with Crippen LogP contribution in [0.15, 0.2) is 12.7 Å². The third kappa shape index (κ3) is 6.98. The minimum absolute atomic E-state index is 1.38. The van der Waals surface area contributed by atoms with E-state index in [4.69, 9.17) is 0 Å². The van der Waals surface area contributed by atoms with Crippen LogP contribution in [-0.4, -0.2) is 18.4 Å².